The van der Waals surface area contributed by atoms with E-state index < -0.39 is 5.41 Å². The van der Waals surface area contributed by atoms with Gasteiger partial charge in [0, 0.05) is 25.0 Å². The first-order valence-corrected chi connectivity index (χ1v) is 7.56. The zero-order valence-electron chi connectivity index (χ0n) is 12.9. The van der Waals surface area contributed by atoms with Gasteiger partial charge in [-0.15, -0.1) is 0 Å². The summed E-state index contributed by atoms with van der Waals surface area (Å²) in [6, 6.07) is 1.93. The highest BCUT2D eigenvalue weighted by molar-refractivity contribution is 5.83. The molecular weight excluding hydrogens is 252 g/mol. The summed E-state index contributed by atoms with van der Waals surface area (Å²) in [5.74, 6) is 0.0864. The van der Waals surface area contributed by atoms with Crippen LogP contribution in [-0.4, -0.2) is 28.3 Å². The molecule has 20 heavy (non-hydrogen) atoms. The zero-order chi connectivity index (χ0) is 15.0. The molecule has 1 atom stereocenters. The molecule has 0 aliphatic rings. The van der Waals surface area contributed by atoms with Crippen LogP contribution >= 0.6 is 0 Å². The summed E-state index contributed by atoms with van der Waals surface area (Å²) in [5.41, 5.74) is 5.50. The quantitative estimate of drug-likeness (QED) is 0.726. The summed E-state index contributed by atoms with van der Waals surface area (Å²) >= 11 is 0. The van der Waals surface area contributed by atoms with Crippen molar-refractivity contribution in [1.82, 2.24) is 15.1 Å². The van der Waals surface area contributed by atoms with Crippen molar-refractivity contribution in [2.45, 2.75) is 59.0 Å². The molecule has 5 nitrogen and oxygen atoms in total. The van der Waals surface area contributed by atoms with E-state index in [0.717, 1.165) is 25.7 Å². The molecule has 1 rings (SSSR count). The van der Waals surface area contributed by atoms with E-state index in [2.05, 4.69) is 24.3 Å². The normalized spacial score (nSPS) is 13.2. The number of nitrogens with one attached hydrogen (secondary N) is 1. The van der Waals surface area contributed by atoms with Gasteiger partial charge in [0.2, 0.25) is 5.91 Å². The van der Waals surface area contributed by atoms with Gasteiger partial charge in [-0.05, 0) is 25.8 Å². The molecule has 0 saturated carbocycles. The Kier molecular flexibility index (Phi) is 6.71. The van der Waals surface area contributed by atoms with Gasteiger partial charge < -0.3 is 11.1 Å². The zero-order valence-corrected chi connectivity index (χ0v) is 12.9. The fourth-order valence-corrected chi connectivity index (χ4v) is 2.72. The summed E-state index contributed by atoms with van der Waals surface area (Å²) in [6.45, 7) is 7.28. The molecule has 1 aromatic rings. The lowest BCUT2D eigenvalue weighted by Crippen LogP contribution is -2.49. The van der Waals surface area contributed by atoms with Gasteiger partial charge in [0.25, 0.3) is 0 Å². The Morgan fingerprint density at radius 2 is 2.05 bits per heavy atom. The largest absolute Gasteiger partial charge is 0.351 e. The predicted octanol–water partition coefficient (Wildman–Crippen LogP) is 1.93. The maximum absolute atomic E-state index is 12.6. The van der Waals surface area contributed by atoms with Crippen molar-refractivity contribution in [2.24, 2.45) is 11.1 Å². The number of amides is 1. The molecule has 1 aromatic heterocycles. The predicted molar refractivity (Wildman–Crippen MR) is 81.1 cm³/mol. The Morgan fingerprint density at radius 1 is 1.40 bits per heavy atom. The lowest BCUT2D eigenvalue weighted by Gasteiger charge is -2.32. The minimum Gasteiger partial charge on any atom is -0.351 e. The summed E-state index contributed by atoms with van der Waals surface area (Å²) in [6.07, 6.45) is 7.27. The molecule has 5 heteroatoms. The topological polar surface area (TPSA) is 72.9 Å². The molecule has 3 N–H and O–H groups in total. The first kappa shape index (κ1) is 16.7. The number of hydrogen-bond acceptors (Lipinski definition) is 3. The van der Waals surface area contributed by atoms with Gasteiger partial charge >= 0.3 is 0 Å². The molecule has 0 radical (unpaired) electrons. The lowest BCUT2D eigenvalue weighted by atomic mass is 9.78. The van der Waals surface area contributed by atoms with Gasteiger partial charge in [-0.25, -0.2) is 0 Å². The number of hydrogen-bond donors (Lipinski definition) is 2. The second-order valence-electron chi connectivity index (χ2n) is 5.59. The van der Waals surface area contributed by atoms with Crippen LogP contribution in [0.3, 0.4) is 0 Å². The Labute approximate surface area is 121 Å². The molecule has 1 amide bonds. The molecule has 1 unspecified atom stereocenters. The van der Waals surface area contributed by atoms with E-state index in [1.807, 2.05) is 23.9 Å². The van der Waals surface area contributed by atoms with E-state index >= 15 is 0 Å². The molecule has 0 fully saturated rings. The first-order chi connectivity index (χ1) is 9.57. The molecule has 0 aliphatic heterocycles. The maximum atomic E-state index is 12.6. The number of carbonyl (C=O) groups excluding carboxylic acids is 1. The van der Waals surface area contributed by atoms with Crippen molar-refractivity contribution in [3.8, 4) is 0 Å². The van der Waals surface area contributed by atoms with Crippen LogP contribution in [0.15, 0.2) is 18.5 Å². The van der Waals surface area contributed by atoms with Crippen molar-refractivity contribution in [1.29, 1.82) is 0 Å². The second kappa shape index (κ2) is 8.04. The van der Waals surface area contributed by atoms with E-state index in [1.165, 1.54) is 0 Å². The van der Waals surface area contributed by atoms with Gasteiger partial charge in [0.1, 0.15) is 0 Å². The number of aromatic nitrogens is 2. The molecule has 114 valence electrons. The molecule has 0 spiro atoms. The van der Waals surface area contributed by atoms with Crippen molar-refractivity contribution in [2.75, 3.05) is 6.54 Å². The highest BCUT2D eigenvalue weighted by Gasteiger charge is 2.35. The standard InChI is InChI=1S/C15H28N4O/c1-4-7-15(12-16,8-5-2)14(20)18-13(3)11-19-10-6-9-17-19/h6,9-10,13H,4-5,7-8,11-12,16H2,1-3H3,(H,18,20). The van der Waals surface area contributed by atoms with Crippen LogP contribution in [0.2, 0.25) is 0 Å². The molecular formula is C15H28N4O. The van der Waals surface area contributed by atoms with Gasteiger partial charge in [-0.2, -0.15) is 5.10 Å². The van der Waals surface area contributed by atoms with Crippen LogP contribution in [0.5, 0.6) is 0 Å². The van der Waals surface area contributed by atoms with Crippen LogP contribution in [0, 0.1) is 5.41 Å². The Hall–Kier alpha value is -1.36. The van der Waals surface area contributed by atoms with E-state index in [4.69, 9.17) is 5.73 Å². The Morgan fingerprint density at radius 3 is 2.50 bits per heavy atom. The van der Waals surface area contributed by atoms with Crippen LogP contribution in [0.1, 0.15) is 46.5 Å². The van der Waals surface area contributed by atoms with Crippen molar-refractivity contribution >= 4 is 5.91 Å². The third-order valence-corrected chi connectivity index (χ3v) is 3.73. The van der Waals surface area contributed by atoms with Gasteiger partial charge in [-0.1, -0.05) is 26.7 Å². The van der Waals surface area contributed by atoms with Gasteiger partial charge in [0.15, 0.2) is 0 Å². The fraction of sp³-hybridized carbons (Fsp3) is 0.733. The number of carbonyl (C=O) groups is 1. The summed E-state index contributed by atoms with van der Waals surface area (Å²) in [5, 5.41) is 7.26. The summed E-state index contributed by atoms with van der Waals surface area (Å²) in [7, 11) is 0. The average Bonchev–Trinajstić information content (AvgIpc) is 2.90. The number of rotatable bonds is 9. The lowest BCUT2D eigenvalue weighted by molar-refractivity contribution is -0.132. The van der Waals surface area contributed by atoms with E-state index in [0.29, 0.717) is 13.1 Å². The molecule has 0 aliphatic carbocycles. The minimum atomic E-state index is -0.415. The van der Waals surface area contributed by atoms with Crippen molar-refractivity contribution < 1.29 is 4.79 Å². The third-order valence-electron chi connectivity index (χ3n) is 3.73. The highest BCUT2D eigenvalue weighted by atomic mass is 16.2. The first-order valence-electron chi connectivity index (χ1n) is 7.56. The minimum absolute atomic E-state index is 0.0436. The molecule has 0 bridgehead atoms. The second-order valence-corrected chi connectivity index (χ2v) is 5.59. The average molecular weight is 280 g/mol. The van der Waals surface area contributed by atoms with Gasteiger partial charge in [-0.3, -0.25) is 9.48 Å². The SMILES string of the molecule is CCCC(CN)(CCC)C(=O)NC(C)Cn1cccn1. The monoisotopic (exact) mass is 280 g/mol. The molecule has 1 heterocycles. The summed E-state index contributed by atoms with van der Waals surface area (Å²) in [4.78, 5) is 12.6. The highest BCUT2D eigenvalue weighted by Crippen LogP contribution is 2.29. The molecule has 0 aromatic carbocycles. The number of nitrogens with two attached hydrogens (primary N) is 1. The van der Waals surface area contributed by atoms with Crippen LogP contribution in [0.25, 0.3) is 0 Å². The van der Waals surface area contributed by atoms with Crippen molar-refractivity contribution in [3.63, 3.8) is 0 Å². The van der Waals surface area contributed by atoms with E-state index in [9.17, 15) is 4.79 Å². The summed E-state index contributed by atoms with van der Waals surface area (Å²) < 4.78 is 1.83. The van der Waals surface area contributed by atoms with Crippen LogP contribution in [0.4, 0.5) is 0 Å². The maximum Gasteiger partial charge on any atom is 0.227 e. The van der Waals surface area contributed by atoms with Crippen LogP contribution in [-0.2, 0) is 11.3 Å². The van der Waals surface area contributed by atoms with Crippen molar-refractivity contribution in [3.05, 3.63) is 18.5 Å². The Bertz CT molecular complexity index is 383. The smallest absolute Gasteiger partial charge is 0.227 e. The Balaban J connectivity index is 2.64. The molecule has 0 saturated heterocycles. The van der Waals surface area contributed by atoms with E-state index in [1.54, 1.807) is 6.20 Å². The number of nitrogens with zero attached hydrogens (tertiary/aromatic N) is 2. The van der Waals surface area contributed by atoms with Gasteiger partial charge in [0.05, 0.1) is 12.0 Å². The van der Waals surface area contributed by atoms with Crippen LogP contribution < -0.4 is 11.1 Å². The van der Waals surface area contributed by atoms with E-state index in [-0.39, 0.29) is 11.9 Å². The third kappa shape index (κ3) is 4.34. The fourth-order valence-electron chi connectivity index (χ4n) is 2.72.